The summed E-state index contributed by atoms with van der Waals surface area (Å²) < 4.78 is 11.6. The van der Waals surface area contributed by atoms with E-state index in [-0.39, 0.29) is 17.2 Å². The van der Waals surface area contributed by atoms with Crippen LogP contribution >= 0.6 is 0 Å². The van der Waals surface area contributed by atoms with Crippen molar-refractivity contribution in [3.63, 3.8) is 0 Å². The predicted octanol–water partition coefficient (Wildman–Crippen LogP) is 2.40. The Labute approximate surface area is 152 Å². The van der Waals surface area contributed by atoms with Crippen molar-refractivity contribution in [3.8, 4) is 0 Å². The molecule has 6 nitrogen and oxygen atoms in total. The topological polar surface area (TPSA) is 87.3 Å². The number of nitrogens with one attached hydrogen (secondary N) is 3. The largest absolute Gasteiger partial charge is 0.337 e. The fraction of sp³-hybridized carbons (Fsp3) is 0.556. The molecule has 0 aliphatic carbocycles. The van der Waals surface area contributed by atoms with Crippen molar-refractivity contribution in [2.24, 2.45) is 0 Å². The molecule has 0 fully saturated rings. The summed E-state index contributed by atoms with van der Waals surface area (Å²) in [5, 5.41) is 7.94. The van der Waals surface area contributed by atoms with Gasteiger partial charge in [-0.2, -0.15) is 0 Å². The lowest BCUT2D eigenvalue weighted by Crippen LogP contribution is -2.42. The average Bonchev–Trinajstić information content (AvgIpc) is 2.47. The van der Waals surface area contributed by atoms with E-state index in [0.29, 0.717) is 12.3 Å². The molecule has 0 spiro atoms. The van der Waals surface area contributed by atoms with Gasteiger partial charge in [0.1, 0.15) is 0 Å². The standard InChI is InChI=1S/C18H29N3O3S/c1-12-9-13(2)16(14(3)10-12)21-15(22)11-20-17(23)19-7-8-25(24)18(4,5)6/h9-10H,7-8,11H2,1-6H3,(H,21,22)(H2,19,20,23). The zero-order valence-corrected chi connectivity index (χ0v) is 16.7. The predicted molar refractivity (Wildman–Crippen MR) is 103 cm³/mol. The molecule has 0 saturated heterocycles. The summed E-state index contributed by atoms with van der Waals surface area (Å²) in [7, 11) is -1.02. The number of urea groups is 1. The fourth-order valence-corrected chi connectivity index (χ4v) is 3.25. The number of hydrogen-bond acceptors (Lipinski definition) is 3. The molecule has 0 heterocycles. The smallest absolute Gasteiger partial charge is 0.315 e. The van der Waals surface area contributed by atoms with Crippen LogP contribution < -0.4 is 16.0 Å². The fourth-order valence-electron chi connectivity index (χ4n) is 2.35. The molecule has 1 aromatic rings. The van der Waals surface area contributed by atoms with Crippen LogP contribution in [0.2, 0.25) is 0 Å². The molecule has 0 radical (unpaired) electrons. The number of carbonyl (C=O) groups excluding carboxylic acids is 2. The van der Waals surface area contributed by atoms with Gasteiger partial charge in [0.25, 0.3) is 0 Å². The molecule has 1 aromatic carbocycles. The third-order valence-electron chi connectivity index (χ3n) is 3.61. The molecule has 7 heteroatoms. The summed E-state index contributed by atoms with van der Waals surface area (Å²) in [4.78, 5) is 23.7. The van der Waals surface area contributed by atoms with Gasteiger partial charge in [-0.3, -0.25) is 9.00 Å². The van der Waals surface area contributed by atoms with Gasteiger partial charge in [0, 0.05) is 33.5 Å². The highest BCUT2D eigenvalue weighted by atomic mass is 32.2. The summed E-state index contributed by atoms with van der Waals surface area (Å²) in [6, 6.07) is 3.55. The van der Waals surface area contributed by atoms with E-state index in [1.807, 2.05) is 53.7 Å². The Morgan fingerprint density at radius 3 is 2.12 bits per heavy atom. The number of carbonyl (C=O) groups is 2. The summed E-state index contributed by atoms with van der Waals surface area (Å²) in [6.07, 6.45) is 0. The van der Waals surface area contributed by atoms with Gasteiger partial charge in [-0.15, -0.1) is 0 Å². The third-order valence-corrected chi connectivity index (χ3v) is 5.55. The number of aryl methyl sites for hydroxylation is 3. The Morgan fingerprint density at radius 1 is 1.04 bits per heavy atom. The maximum atomic E-state index is 12.0. The minimum atomic E-state index is -1.02. The van der Waals surface area contributed by atoms with Gasteiger partial charge in [0.2, 0.25) is 5.91 Å². The molecule has 0 bridgehead atoms. The van der Waals surface area contributed by atoms with Crippen molar-refractivity contribution in [2.75, 3.05) is 24.2 Å². The van der Waals surface area contributed by atoms with E-state index < -0.39 is 16.8 Å². The van der Waals surface area contributed by atoms with Gasteiger partial charge >= 0.3 is 6.03 Å². The molecule has 1 rings (SSSR count). The zero-order chi connectivity index (χ0) is 19.2. The lowest BCUT2D eigenvalue weighted by atomic mass is 10.1. The van der Waals surface area contributed by atoms with Gasteiger partial charge in [-0.25, -0.2) is 4.79 Å². The monoisotopic (exact) mass is 367 g/mol. The molecule has 1 unspecified atom stereocenters. The molecule has 0 aliphatic rings. The molecule has 3 amide bonds. The average molecular weight is 368 g/mol. The highest BCUT2D eigenvalue weighted by molar-refractivity contribution is 7.86. The van der Waals surface area contributed by atoms with Crippen molar-refractivity contribution in [1.29, 1.82) is 0 Å². The first-order chi connectivity index (χ1) is 11.5. The molecular weight excluding hydrogens is 338 g/mol. The van der Waals surface area contributed by atoms with Gasteiger partial charge in [-0.05, 0) is 52.7 Å². The second-order valence-electron chi connectivity index (χ2n) is 7.09. The first kappa shape index (κ1) is 21.2. The molecular formula is C18H29N3O3S. The Morgan fingerprint density at radius 2 is 1.60 bits per heavy atom. The van der Waals surface area contributed by atoms with Gasteiger partial charge in [0.05, 0.1) is 6.54 Å². The SMILES string of the molecule is Cc1cc(C)c(NC(=O)CNC(=O)NCCS(=O)C(C)(C)C)c(C)c1. The van der Waals surface area contributed by atoms with Gasteiger partial charge in [-0.1, -0.05) is 17.7 Å². The summed E-state index contributed by atoms with van der Waals surface area (Å²) in [5.41, 5.74) is 3.89. The number of amides is 3. The van der Waals surface area contributed by atoms with Crippen LogP contribution in [0.5, 0.6) is 0 Å². The van der Waals surface area contributed by atoms with Crippen molar-refractivity contribution in [3.05, 3.63) is 28.8 Å². The van der Waals surface area contributed by atoms with Crippen LogP contribution in [0.1, 0.15) is 37.5 Å². The Balaban J connectivity index is 2.39. The van der Waals surface area contributed by atoms with E-state index in [9.17, 15) is 13.8 Å². The summed E-state index contributed by atoms with van der Waals surface area (Å²) >= 11 is 0. The maximum Gasteiger partial charge on any atom is 0.315 e. The lowest BCUT2D eigenvalue weighted by Gasteiger charge is -2.17. The molecule has 1 atom stereocenters. The quantitative estimate of drug-likeness (QED) is 0.721. The van der Waals surface area contributed by atoms with E-state index >= 15 is 0 Å². The minimum absolute atomic E-state index is 0.124. The second-order valence-corrected chi connectivity index (χ2v) is 9.42. The third kappa shape index (κ3) is 7.25. The van der Waals surface area contributed by atoms with Crippen molar-refractivity contribution in [1.82, 2.24) is 10.6 Å². The molecule has 0 saturated carbocycles. The summed E-state index contributed by atoms with van der Waals surface area (Å²) in [6.45, 7) is 11.7. The van der Waals surface area contributed by atoms with E-state index in [4.69, 9.17) is 0 Å². The molecule has 140 valence electrons. The Hall–Kier alpha value is -1.89. The van der Waals surface area contributed by atoms with Gasteiger partial charge < -0.3 is 16.0 Å². The molecule has 25 heavy (non-hydrogen) atoms. The second kappa shape index (κ2) is 8.99. The van der Waals surface area contributed by atoms with Crippen LogP contribution in [0.3, 0.4) is 0 Å². The van der Waals surface area contributed by atoms with Crippen LogP contribution in [0.4, 0.5) is 10.5 Å². The molecule has 3 N–H and O–H groups in total. The van der Waals surface area contributed by atoms with Gasteiger partial charge in [0.15, 0.2) is 0 Å². The molecule has 0 aromatic heterocycles. The normalized spacial score (nSPS) is 12.4. The first-order valence-corrected chi connectivity index (χ1v) is 9.60. The van der Waals surface area contributed by atoms with Crippen LogP contribution in [0.15, 0.2) is 12.1 Å². The minimum Gasteiger partial charge on any atom is -0.337 e. The number of benzene rings is 1. The first-order valence-electron chi connectivity index (χ1n) is 8.28. The van der Waals surface area contributed by atoms with Crippen LogP contribution in [0.25, 0.3) is 0 Å². The maximum absolute atomic E-state index is 12.0. The number of anilines is 1. The number of hydrogen-bond donors (Lipinski definition) is 3. The lowest BCUT2D eigenvalue weighted by molar-refractivity contribution is -0.115. The van der Waals surface area contributed by atoms with Crippen LogP contribution in [0, 0.1) is 20.8 Å². The van der Waals surface area contributed by atoms with E-state index in [1.54, 1.807) is 0 Å². The van der Waals surface area contributed by atoms with E-state index in [1.165, 1.54) is 0 Å². The van der Waals surface area contributed by atoms with E-state index in [2.05, 4.69) is 16.0 Å². The van der Waals surface area contributed by atoms with Crippen LogP contribution in [-0.2, 0) is 15.6 Å². The zero-order valence-electron chi connectivity index (χ0n) is 15.9. The van der Waals surface area contributed by atoms with Crippen molar-refractivity contribution >= 4 is 28.4 Å². The highest BCUT2D eigenvalue weighted by Crippen LogP contribution is 2.21. The summed E-state index contributed by atoms with van der Waals surface area (Å²) in [5.74, 6) is 0.0914. The van der Waals surface area contributed by atoms with E-state index in [0.717, 1.165) is 22.4 Å². The van der Waals surface area contributed by atoms with Crippen molar-refractivity contribution < 1.29 is 13.8 Å². The Bertz CT molecular complexity index is 643. The molecule has 0 aliphatic heterocycles. The number of rotatable bonds is 6. The van der Waals surface area contributed by atoms with Crippen LogP contribution in [-0.4, -0.2) is 39.7 Å². The highest BCUT2D eigenvalue weighted by Gasteiger charge is 2.19. The Kier molecular flexibility index (Phi) is 7.60. The van der Waals surface area contributed by atoms with Crippen molar-refractivity contribution in [2.45, 2.75) is 46.3 Å².